The normalized spacial score (nSPS) is 16.5. The van der Waals surface area contributed by atoms with Crippen molar-refractivity contribution in [1.82, 2.24) is 4.90 Å². The van der Waals surface area contributed by atoms with E-state index < -0.39 is 0 Å². The van der Waals surface area contributed by atoms with Crippen LogP contribution in [-0.2, 0) is 6.54 Å². The summed E-state index contributed by atoms with van der Waals surface area (Å²) in [5.74, 6) is 0.779. The summed E-state index contributed by atoms with van der Waals surface area (Å²) in [6, 6.07) is 17.7. The number of hydrogen-bond donors (Lipinski definition) is 1. The molecule has 0 saturated heterocycles. The largest absolute Gasteiger partial charge is 0.467 e. The van der Waals surface area contributed by atoms with Crippen molar-refractivity contribution in [3.05, 3.63) is 88.9 Å². The first-order chi connectivity index (χ1) is 12.1. The van der Waals surface area contributed by atoms with Gasteiger partial charge in [0, 0.05) is 5.69 Å². The minimum atomic E-state index is -0.229. The lowest BCUT2D eigenvalue weighted by Crippen LogP contribution is -2.42. The van der Waals surface area contributed by atoms with Gasteiger partial charge in [0.05, 0.1) is 18.4 Å². The quantitative estimate of drug-likeness (QED) is 0.758. The highest BCUT2D eigenvalue weighted by Gasteiger charge is 2.34. The molecular weight excluding hydrogens is 312 g/mol. The zero-order valence-corrected chi connectivity index (χ0v) is 14.3. The van der Waals surface area contributed by atoms with E-state index in [1.165, 1.54) is 5.56 Å². The molecule has 3 aromatic rings. The number of para-hydroxylation sites is 1. The molecule has 1 aliphatic heterocycles. The van der Waals surface area contributed by atoms with Gasteiger partial charge < -0.3 is 14.6 Å². The maximum absolute atomic E-state index is 13.2. The fourth-order valence-electron chi connectivity index (χ4n) is 3.33. The van der Waals surface area contributed by atoms with E-state index in [0.29, 0.717) is 12.1 Å². The molecule has 0 fully saturated rings. The molecule has 2 aromatic carbocycles. The summed E-state index contributed by atoms with van der Waals surface area (Å²) < 4.78 is 5.49. The van der Waals surface area contributed by atoms with Crippen LogP contribution in [0.3, 0.4) is 0 Å². The summed E-state index contributed by atoms with van der Waals surface area (Å²) in [7, 11) is 0. The number of nitrogens with zero attached hydrogens (tertiary/aromatic N) is 1. The number of carbonyl (C=O) groups is 1. The second-order valence-electron chi connectivity index (χ2n) is 6.46. The summed E-state index contributed by atoms with van der Waals surface area (Å²) in [4.78, 5) is 15.0. The number of anilines is 1. The molecule has 4 nitrogen and oxygen atoms in total. The molecule has 0 saturated carbocycles. The average Bonchev–Trinajstić information content (AvgIpc) is 3.13. The maximum Gasteiger partial charge on any atom is 0.258 e. The van der Waals surface area contributed by atoms with Gasteiger partial charge in [-0.05, 0) is 49.2 Å². The smallest absolute Gasteiger partial charge is 0.258 e. The SMILES string of the molecule is Cc1ccc(C)c([C@@H]2Nc3ccccc3C(=O)N2Cc2ccco2)c1. The predicted molar refractivity (Wildman–Crippen MR) is 97.3 cm³/mol. The molecular formula is C21H20N2O2. The Balaban J connectivity index is 1.81. The fraction of sp³-hybridized carbons (Fsp3) is 0.190. The average molecular weight is 332 g/mol. The third-order valence-corrected chi connectivity index (χ3v) is 4.66. The van der Waals surface area contributed by atoms with Gasteiger partial charge in [-0.2, -0.15) is 0 Å². The van der Waals surface area contributed by atoms with E-state index in [4.69, 9.17) is 4.42 Å². The molecule has 1 amide bonds. The Morgan fingerprint density at radius 2 is 1.92 bits per heavy atom. The number of aryl methyl sites for hydroxylation is 2. The number of furan rings is 1. The van der Waals surface area contributed by atoms with Gasteiger partial charge in [-0.1, -0.05) is 35.9 Å². The summed E-state index contributed by atoms with van der Waals surface area (Å²) in [6.07, 6.45) is 1.41. The minimum Gasteiger partial charge on any atom is -0.467 e. The molecule has 4 rings (SSSR count). The third-order valence-electron chi connectivity index (χ3n) is 4.66. The third kappa shape index (κ3) is 2.80. The first-order valence-corrected chi connectivity index (χ1v) is 8.39. The Morgan fingerprint density at radius 3 is 2.72 bits per heavy atom. The van der Waals surface area contributed by atoms with Gasteiger partial charge in [0.15, 0.2) is 0 Å². The van der Waals surface area contributed by atoms with Crippen molar-refractivity contribution in [2.75, 3.05) is 5.32 Å². The molecule has 1 N–H and O–H groups in total. The Labute approximate surface area is 147 Å². The van der Waals surface area contributed by atoms with E-state index in [2.05, 4.69) is 37.4 Å². The number of fused-ring (bicyclic) bond motifs is 1. The minimum absolute atomic E-state index is 0.0108. The summed E-state index contributed by atoms with van der Waals surface area (Å²) >= 11 is 0. The number of nitrogens with one attached hydrogen (secondary N) is 1. The molecule has 0 bridgehead atoms. The molecule has 1 atom stereocenters. The van der Waals surface area contributed by atoms with Crippen LogP contribution in [0, 0.1) is 13.8 Å². The van der Waals surface area contributed by atoms with Gasteiger partial charge in [0.1, 0.15) is 11.9 Å². The van der Waals surface area contributed by atoms with Gasteiger partial charge in [0.25, 0.3) is 5.91 Å². The molecule has 4 heteroatoms. The fourth-order valence-corrected chi connectivity index (χ4v) is 3.33. The van der Waals surface area contributed by atoms with E-state index in [1.807, 2.05) is 41.3 Å². The number of amides is 1. The van der Waals surface area contributed by atoms with Crippen LogP contribution >= 0.6 is 0 Å². The Hall–Kier alpha value is -3.01. The standard InChI is InChI=1S/C21H20N2O2/c1-14-9-10-15(2)18(12-14)20-22-19-8-4-3-7-17(19)21(24)23(20)13-16-6-5-11-25-16/h3-12,20,22H,13H2,1-2H3/t20-/m1/s1. The van der Waals surface area contributed by atoms with Crippen LogP contribution in [-0.4, -0.2) is 10.8 Å². The molecule has 1 aliphatic rings. The number of rotatable bonds is 3. The second kappa shape index (κ2) is 6.13. The maximum atomic E-state index is 13.2. The van der Waals surface area contributed by atoms with Gasteiger partial charge in [-0.25, -0.2) is 0 Å². The van der Waals surface area contributed by atoms with Crippen LogP contribution in [0.1, 0.15) is 39.0 Å². The van der Waals surface area contributed by atoms with Crippen LogP contribution in [0.25, 0.3) is 0 Å². The zero-order valence-electron chi connectivity index (χ0n) is 14.3. The summed E-state index contributed by atoms with van der Waals surface area (Å²) in [5.41, 5.74) is 4.99. The van der Waals surface area contributed by atoms with Gasteiger partial charge in [0.2, 0.25) is 0 Å². The van der Waals surface area contributed by atoms with Crippen molar-refractivity contribution in [2.24, 2.45) is 0 Å². The molecule has 126 valence electrons. The summed E-state index contributed by atoms with van der Waals surface area (Å²) in [5, 5.41) is 3.54. The van der Waals surface area contributed by atoms with Crippen molar-refractivity contribution in [3.8, 4) is 0 Å². The Morgan fingerprint density at radius 1 is 1.08 bits per heavy atom. The Kier molecular flexibility index (Phi) is 3.80. The number of hydrogen-bond acceptors (Lipinski definition) is 3. The summed E-state index contributed by atoms with van der Waals surface area (Å²) in [6.45, 7) is 4.57. The highest BCUT2D eigenvalue weighted by atomic mass is 16.3. The molecule has 1 aromatic heterocycles. The van der Waals surface area contributed by atoms with E-state index in [9.17, 15) is 4.79 Å². The van der Waals surface area contributed by atoms with Crippen LogP contribution in [0.5, 0.6) is 0 Å². The van der Waals surface area contributed by atoms with E-state index in [-0.39, 0.29) is 12.1 Å². The lowest BCUT2D eigenvalue weighted by atomic mass is 9.98. The first kappa shape index (κ1) is 15.5. The lowest BCUT2D eigenvalue weighted by molar-refractivity contribution is 0.0651. The van der Waals surface area contributed by atoms with E-state index >= 15 is 0 Å². The van der Waals surface area contributed by atoms with Gasteiger partial charge in [-0.3, -0.25) is 4.79 Å². The molecule has 25 heavy (non-hydrogen) atoms. The molecule has 0 unspecified atom stereocenters. The Bertz CT molecular complexity index is 915. The van der Waals surface area contributed by atoms with Crippen molar-refractivity contribution >= 4 is 11.6 Å². The zero-order chi connectivity index (χ0) is 17.4. The number of carbonyl (C=O) groups excluding carboxylic acids is 1. The van der Waals surface area contributed by atoms with E-state index in [1.54, 1.807) is 6.26 Å². The van der Waals surface area contributed by atoms with Crippen molar-refractivity contribution in [1.29, 1.82) is 0 Å². The predicted octanol–water partition coefficient (Wildman–Crippen LogP) is 4.66. The highest BCUT2D eigenvalue weighted by Crippen LogP contribution is 2.35. The number of benzene rings is 2. The molecule has 0 aliphatic carbocycles. The van der Waals surface area contributed by atoms with Crippen LogP contribution in [0.15, 0.2) is 65.3 Å². The van der Waals surface area contributed by atoms with Crippen LogP contribution in [0.2, 0.25) is 0 Å². The van der Waals surface area contributed by atoms with Crippen molar-refractivity contribution in [3.63, 3.8) is 0 Å². The second-order valence-corrected chi connectivity index (χ2v) is 6.46. The highest BCUT2D eigenvalue weighted by molar-refractivity contribution is 6.01. The van der Waals surface area contributed by atoms with E-state index in [0.717, 1.165) is 22.6 Å². The van der Waals surface area contributed by atoms with Crippen molar-refractivity contribution < 1.29 is 9.21 Å². The topological polar surface area (TPSA) is 45.5 Å². The van der Waals surface area contributed by atoms with Crippen LogP contribution < -0.4 is 5.32 Å². The monoisotopic (exact) mass is 332 g/mol. The van der Waals surface area contributed by atoms with Gasteiger partial charge in [-0.15, -0.1) is 0 Å². The van der Waals surface area contributed by atoms with Crippen molar-refractivity contribution in [2.45, 2.75) is 26.6 Å². The lowest BCUT2D eigenvalue weighted by Gasteiger charge is -2.38. The first-order valence-electron chi connectivity index (χ1n) is 8.39. The van der Waals surface area contributed by atoms with Gasteiger partial charge >= 0.3 is 0 Å². The molecule has 0 spiro atoms. The van der Waals surface area contributed by atoms with Crippen LogP contribution in [0.4, 0.5) is 5.69 Å². The molecule has 2 heterocycles. The molecule has 0 radical (unpaired) electrons.